The molecule has 3 aromatic rings. The van der Waals surface area contributed by atoms with Crippen LogP contribution in [0.5, 0.6) is 0 Å². The van der Waals surface area contributed by atoms with E-state index in [1.165, 1.54) is 37.8 Å². The van der Waals surface area contributed by atoms with Crippen molar-refractivity contribution in [2.24, 2.45) is 0 Å². The van der Waals surface area contributed by atoms with Crippen LogP contribution in [0.3, 0.4) is 0 Å². The summed E-state index contributed by atoms with van der Waals surface area (Å²) in [6.45, 7) is 2.85. The lowest BCUT2D eigenvalue weighted by atomic mass is 10.2. The Morgan fingerprint density at radius 1 is 1.14 bits per heavy atom. The third-order valence-electron chi connectivity index (χ3n) is 4.89. The monoisotopic (exact) mass is 382 g/mol. The summed E-state index contributed by atoms with van der Waals surface area (Å²) in [5.74, 6) is 0.626. The topological polar surface area (TPSA) is 106 Å². The molecule has 1 aliphatic heterocycles. The molecule has 1 N–H and O–H groups in total. The van der Waals surface area contributed by atoms with Crippen molar-refractivity contribution in [3.63, 3.8) is 0 Å². The third kappa shape index (κ3) is 3.88. The van der Waals surface area contributed by atoms with Gasteiger partial charge < -0.3 is 14.6 Å². The molecule has 0 aromatic carbocycles. The molecule has 146 valence electrons. The summed E-state index contributed by atoms with van der Waals surface area (Å²) < 4.78 is 6.48. The first-order chi connectivity index (χ1) is 13.7. The van der Waals surface area contributed by atoms with Gasteiger partial charge in [-0.1, -0.05) is 12.8 Å². The summed E-state index contributed by atoms with van der Waals surface area (Å²) >= 11 is 0. The van der Waals surface area contributed by atoms with Crippen molar-refractivity contribution in [1.82, 2.24) is 25.1 Å². The van der Waals surface area contributed by atoms with Gasteiger partial charge in [-0.05, 0) is 18.9 Å². The molecule has 0 atom stereocenters. The number of carbonyl (C=O) groups is 1. The summed E-state index contributed by atoms with van der Waals surface area (Å²) in [7, 11) is 0. The van der Waals surface area contributed by atoms with Gasteiger partial charge in [0.2, 0.25) is 0 Å². The molecule has 3 aromatic heterocycles. The van der Waals surface area contributed by atoms with Crippen LogP contribution in [0, 0.1) is 0 Å². The zero-order chi connectivity index (χ0) is 19.3. The van der Waals surface area contributed by atoms with Gasteiger partial charge in [-0.15, -0.1) is 0 Å². The Morgan fingerprint density at radius 3 is 2.71 bits per heavy atom. The molecule has 9 nitrogen and oxygen atoms in total. The van der Waals surface area contributed by atoms with Crippen LogP contribution in [0.15, 0.2) is 40.1 Å². The van der Waals surface area contributed by atoms with E-state index in [0.29, 0.717) is 18.7 Å². The van der Waals surface area contributed by atoms with E-state index >= 15 is 0 Å². The predicted octanol–water partition coefficient (Wildman–Crippen LogP) is 1.59. The smallest absolute Gasteiger partial charge is 0.335 e. The van der Waals surface area contributed by atoms with Gasteiger partial charge in [-0.2, -0.15) is 5.10 Å². The van der Waals surface area contributed by atoms with Gasteiger partial charge in [0.1, 0.15) is 18.4 Å². The van der Waals surface area contributed by atoms with Gasteiger partial charge in [0, 0.05) is 25.7 Å². The fourth-order valence-corrected chi connectivity index (χ4v) is 3.44. The van der Waals surface area contributed by atoms with E-state index in [-0.39, 0.29) is 5.91 Å². The molecule has 0 aliphatic carbocycles. The van der Waals surface area contributed by atoms with Gasteiger partial charge in [0.25, 0.3) is 5.91 Å². The minimum atomic E-state index is -0.487. The third-order valence-corrected chi connectivity index (χ3v) is 4.89. The fourth-order valence-electron chi connectivity index (χ4n) is 3.44. The minimum Gasteiger partial charge on any atom is -0.430 e. The molecule has 0 bridgehead atoms. The average Bonchev–Trinajstić information content (AvgIpc) is 2.94. The zero-order valence-electron chi connectivity index (χ0n) is 15.5. The first kappa shape index (κ1) is 18.1. The Morgan fingerprint density at radius 2 is 1.96 bits per heavy atom. The van der Waals surface area contributed by atoms with Crippen LogP contribution >= 0.6 is 0 Å². The minimum absolute atomic E-state index is 0.302. The molecular weight excluding hydrogens is 360 g/mol. The number of nitrogens with one attached hydrogen (secondary N) is 1. The lowest BCUT2D eigenvalue weighted by molar-refractivity contribution is 0.0949. The van der Waals surface area contributed by atoms with Crippen molar-refractivity contribution in [1.29, 1.82) is 0 Å². The average molecular weight is 382 g/mol. The quantitative estimate of drug-likeness (QED) is 0.714. The molecule has 4 rings (SSSR count). The number of aromatic nitrogens is 4. The maximum absolute atomic E-state index is 12.1. The Kier molecular flexibility index (Phi) is 5.31. The Labute approximate surface area is 161 Å². The Hall–Kier alpha value is -3.23. The van der Waals surface area contributed by atoms with Gasteiger partial charge in [0.05, 0.1) is 23.7 Å². The van der Waals surface area contributed by atoms with Crippen LogP contribution in [0.25, 0.3) is 11.0 Å². The van der Waals surface area contributed by atoms with Gasteiger partial charge in [0.15, 0.2) is 5.65 Å². The van der Waals surface area contributed by atoms with Crippen molar-refractivity contribution in [2.75, 3.05) is 24.5 Å². The zero-order valence-corrected chi connectivity index (χ0v) is 15.5. The summed E-state index contributed by atoms with van der Waals surface area (Å²) in [6.07, 6.45) is 9.38. The molecule has 4 heterocycles. The molecule has 1 saturated heterocycles. The van der Waals surface area contributed by atoms with E-state index in [1.807, 2.05) is 0 Å². The van der Waals surface area contributed by atoms with Crippen LogP contribution in [-0.4, -0.2) is 45.3 Å². The van der Waals surface area contributed by atoms with Crippen molar-refractivity contribution in [3.05, 3.63) is 46.9 Å². The SMILES string of the molecule is O=C(NCCn1ncc2c(N3CCCCCC3)ncnc21)c1ccc(=O)oc1. The van der Waals surface area contributed by atoms with E-state index in [2.05, 4.69) is 25.3 Å². The number of carbonyl (C=O) groups excluding carboxylic acids is 1. The molecular formula is C19H22N6O3. The summed E-state index contributed by atoms with van der Waals surface area (Å²) in [5.41, 5.74) is 0.573. The van der Waals surface area contributed by atoms with Crippen LogP contribution in [0.2, 0.25) is 0 Å². The van der Waals surface area contributed by atoms with E-state index in [4.69, 9.17) is 4.42 Å². The largest absolute Gasteiger partial charge is 0.430 e. The van der Waals surface area contributed by atoms with Crippen molar-refractivity contribution in [3.8, 4) is 0 Å². The van der Waals surface area contributed by atoms with Crippen molar-refractivity contribution < 1.29 is 9.21 Å². The second-order valence-corrected chi connectivity index (χ2v) is 6.80. The molecule has 1 fully saturated rings. The predicted molar refractivity (Wildman–Crippen MR) is 103 cm³/mol. The molecule has 0 spiro atoms. The molecule has 0 saturated carbocycles. The highest BCUT2D eigenvalue weighted by atomic mass is 16.4. The summed E-state index contributed by atoms with van der Waals surface area (Å²) in [5, 5.41) is 8.15. The molecule has 28 heavy (non-hydrogen) atoms. The lowest BCUT2D eigenvalue weighted by Crippen LogP contribution is -2.28. The number of rotatable bonds is 5. The highest BCUT2D eigenvalue weighted by Gasteiger charge is 2.17. The molecule has 0 unspecified atom stereocenters. The van der Waals surface area contributed by atoms with Gasteiger partial charge in [-0.3, -0.25) is 4.79 Å². The number of anilines is 1. The number of nitrogens with zero attached hydrogens (tertiary/aromatic N) is 5. The summed E-state index contributed by atoms with van der Waals surface area (Å²) in [4.78, 5) is 34.3. The molecule has 0 radical (unpaired) electrons. The van der Waals surface area contributed by atoms with Gasteiger partial charge in [-0.25, -0.2) is 19.4 Å². The summed E-state index contributed by atoms with van der Waals surface area (Å²) in [6, 6.07) is 2.66. The van der Waals surface area contributed by atoms with Crippen LogP contribution in [-0.2, 0) is 6.54 Å². The highest BCUT2D eigenvalue weighted by Crippen LogP contribution is 2.24. The normalized spacial score (nSPS) is 14.8. The van der Waals surface area contributed by atoms with Crippen LogP contribution < -0.4 is 15.8 Å². The number of fused-ring (bicyclic) bond motifs is 1. The van der Waals surface area contributed by atoms with Crippen molar-refractivity contribution in [2.45, 2.75) is 32.2 Å². The molecule has 1 aliphatic rings. The van der Waals surface area contributed by atoms with Crippen LogP contribution in [0.4, 0.5) is 5.82 Å². The lowest BCUT2D eigenvalue weighted by Gasteiger charge is -2.21. The Balaban J connectivity index is 1.44. The Bertz CT molecular complexity index is 999. The first-order valence-electron chi connectivity index (χ1n) is 9.51. The molecule has 9 heteroatoms. The van der Waals surface area contributed by atoms with Crippen LogP contribution in [0.1, 0.15) is 36.0 Å². The maximum atomic E-state index is 12.1. The second kappa shape index (κ2) is 8.20. The van der Waals surface area contributed by atoms with E-state index < -0.39 is 5.63 Å². The van der Waals surface area contributed by atoms with E-state index in [1.54, 1.807) is 17.2 Å². The molecule has 1 amide bonds. The first-order valence-corrected chi connectivity index (χ1v) is 9.51. The number of hydrogen-bond donors (Lipinski definition) is 1. The van der Waals surface area contributed by atoms with Gasteiger partial charge >= 0.3 is 5.63 Å². The van der Waals surface area contributed by atoms with Crippen molar-refractivity contribution >= 4 is 22.8 Å². The number of amides is 1. The number of hydrogen-bond acceptors (Lipinski definition) is 7. The maximum Gasteiger partial charge on any atom is 0.335 e. The van der Waals surface area contributed by atoms with E-state index in [9.17, 15) is 9.59 Å². The second-order valence-electron chi connectivity index (χ2n) is 6.80. The standard InChI is InChI=1S/C19H22N6O3/c26-16-6-5-14(12-28-16)19(27)20-7-10-25-18-15(11-23-25)17(21-13-22-18)24-8-3-1-2-4-9-24/h5-6,11-13H,1-4,7-10H2,(H,20,27). The van der Waals surface area contributed by atoms with E-state index in [0.717, 1.165) is 36.2 Å². The fraction of sp³-hybridized carbons (Fsp3) is 0.421. The highest BCUT2D eigenvalue weighted by molar-refractivity contribution is 5.93.